The summed E-state index contributed by atoms with van der Waals surface area (Å²) in [6, 6.07) is 0. The summed E-state index contributed by atoms with van der Waals surface area (Å²) >= 11 is 0. The van der Waals surface area contributed by atoms with E-state index in [0.29, 0.717) is 6.29 Å². The van der Waals surface area contributed by atoms with Crippen molar-refractivity contribution in [2.45, 2.75) is 63.8 Å². The molecule has 2 heterocycles. The molecule has 2 aliphatic carbocycles. The predicted octanol–water partition coefficient (Wildman–Crippen LogP) is 2.30. The summed E-state index contributed by atoms with van der Waals surface area (Å²) in [6.07, 6.45) is 16.5. The fraction of sp³-hybridized carbons (Fsp3) is 0.826. The second kappa shape index (κ2) is 10.4. The van der Waals surface area contributed by atoms with E-state index >= 15 is 0 Å². The Morgan fingerprint density at radius 1 is 1.00 bits per heavy atom. The molecule has 0 amide bonds. The van der Waals surface area contributed by atoms with Gasteiger partial charge in [0, 0.05) is 39.3 Å². The van der Waals surface area contributed by atoms with Crippen LogP contribution in [0.15, 0.2) is 23.8 Å². The third-order valence-corrected chi connectivity index (χ3v) is 7.42. The molecular formula is C23H40N4O. The average Bonchev–Trinajstić information content (AvgIpc) is 3.30. The lowest BCUT2D eigenvalue weighted by molar-refractivity contribution is 0.0377. The summed E-state index contributed by atoms with van der Waals surface area (Å²) in [5.74, 6) is 1.77. The quantitative estimate of drug-likeness (QED) is 0.625. The molecule has 4 aliphatic rings. The Balaban J connectivity index is 1.10. The maximum Gasteiger partial charge on any atom is 0.114 e. The van der Waals surface area contributed by atoms with E-state index in [1.54, 1.807) is 0 Å². The van der Waals surface area contributed by atoms with Crippen molar-refractivity contribution in [2.75, 3.05) is 45.8 Å². The number of aliphatic hydroxyl groups excluding tert-OH is 1. The van der Waals surface area contributed by atoms with Crippen LogP contribution in [0.5, 0.6) is 0 Å². The standard InChI is InChI=1S/C23H40N4O/c28-22(20-9-4-5-10-20)11-6-12-26-13-15-27(16-14-26)23-24-17-21(18-25-23)19-7-2-1-3-8-19/h4-5,9,19,21-25,28H,1-3,6-8,10-18H2. The molecule has 0 bridgehead atoms. The molecule has 0 aromatic rings. The number of allylic oxidation sites excluding steroid dienone is 3. The van der Waals surface area contributed by atoms with E-state index in [1.165, 1.54) is 50.8 Å². The van der Waals surface area contributed by atoms with Gasteiger partial charge in [-0.05, 0) is 43.2 Å². The summed E-state index contributed by atoms with van der Waals surface area (Å²) in [6.45, 7) is 8.04. The molecule has 0 aromatic carbocycles. The van der Waals surface area contributed by atoms with Gasteiger partial charge < -0.3 is 10.0 Å². The monoisotopic (exact) mass is 388 g/mol. The zero-order chi connectivity index (χ0) is 19.2. The van der Waals surface area contributed by atoms with Crippen molar-refractivity contribution in [3.63, 3.8) is 0 Å². The van der Waals surface area contributed by atoms with Crippen molar-refractivity contribution in [2.24, 2.45) is 11.8 Å². The van der Waals surface area contributed by atoms with Crippen molar-refractivity contribution in [1.29, 1.82) is 0 Å². The second-order valence-corrected chi connectivity index (χ2v) is 9.29. The van der Waals surface area contributed by atoms with Crippen LogP contribution in [0.1, 0.15) is 51.4 Å². The summed E-state index contributed by atoms with van der Waals surface area (Å²) < 4.78 is 0. The van der Waals surface area contributed by atoms with E-state index in [-0.39, 0.29) is 6.10 Å². The van der Waals surface area contributed by atoms with Gasteiger partial charge in [0.2, 0.25) is 0 Å². The van der Waals surface area contributed by atoms with Crippen LogP contribution in [0.25, 0.3) is 0 Å². The molecule has 3 N–H and O–H groups in total. The smallest absolute Gasteiger partial charge is 0.114 e. The molecule has 0 radical (unpaired) electrons. The van der Waals surface area contributed by atoms with Gasteiger partial charge in [0.25, 0.3) is 0 Å². The number of piperazine rings is 1. The fourth-order valence-electron chi connectivity index (χ4n) is 5.52. The zero-order valence-electron chi connectivity index (χ0n) is 17.5. The highest BCUT2D eigenvalue weighted by atomic mass is 16.3. The number of nitrogens with zero attached hydrogens (tertiary/aromatic N) is 2. The van der Waals surface area contributed by atoms with E-state index < -0.39 is 0 Å². The fourth-order valence-corrected chi connectivity index (χ4v) is 5.52. The first-order valence-electron chi connectivity index (χ1n) is 11.8. The van der Waals surface area contributed by atoms with Gasteiger partial charge >= 0.3 is 0 Å². The highest BCUT2D eigenvalue weighted by Gasteiger charge is 2.31. The van der Waals surface area contributed by atoms with Gasteiger partial charge in [-0.15, -0.1) is 0 Å². The molecule has 5 nitrogen and oxygen atoms in total. The molecule has 2 aliphatic heterocycles. The first kappa shape index (κ1) is 20.5. The third kappa shape index (κ3) is 5.45. The molecule has 2 saturated heterocycles. The van der Waals surface area contributed by atoms with Crippen molar-refractivity contribution in [3.05, 3.63) is 23.8 Å². The number of rotatable bonds is 7. The number of hydrogen-bond donors (Lipinski definition) is 3. The molecular weight excluding hydrogens is 348 g/mol. The van der Waals surface area contributed by atoms with Crippen LogP contribution in [0.2, 0.25) is 0 Å². The molecule has 4 rings (SSSR count). The molecule has 1 unspecified atom stereocenters. The van der Waals surface area contributed by atoms with Crippen molar-refractivity contribution in [1.82, 2.24) is 20.4 Å². The predicted molar refractivity (Wildman–Crippen MR) is 115 cm³/mol. The molecule has 0 spiro atoms. The molecule has 158 valence electrons. The Labute approximate surface area is 171 Å². The molecule has 28 heavy (non-hydrogen) atoms. The van der Waals surface area contributed by atoms with E-state index in [2.05, 4.69) is 38.7 Å². The molecule has 1 atom stereocenters. The largest absolute Gasteiger partial charge is 0.389 e. The summed E-state index contributed by atoms with van der Waals surface area (Å²) in [5, 5.41) is 17.8. The van der Waals surface area contributed by atoms with E-state index in [9.17, 15) is 5.11 Å². The van der Waals surface area contributed by atoms with E-state index in [1.807, 2.05) is 0 Å². The lowest BCUT2D eigenvalue weighted by Crippen LogP contribution is -2.65. The Bertz CT molecular complexity index is 527. The van der Waals surface area contributed by atoms with Gasteiger partial charge in [-0.1, -0.05) is 50.3 Å². The van der Waals surface area contributed by atoms with Crippen LogP contribution < -0.4 is 10.6 Å². The Morgan fingerprint density at radius 3 is 2.43 bits per heavy atom. The second-order valence-electron chi connectivity index (χ2n) is 9.29. The minimum atomic E-state index is -0.246. The normalized spacial score (nSPS) is 31.8. The SMILES string of the molecule is OC(CCCN1CCN(C2NCC(C3CCCCC3)CN2)CC1)C1=CC=CC1. The van der Waals surface area contributed by atoms with Crippen LogP contribution >= 0.6 is 0 Å². The first-order chi connectivity index (χ1) is 13.8. The van der Waals surface area contributed by atoms with Gasteiger partial charge in [0.05, 0.1) is 6.10 Å². The van der Waals surface area contributed by atoms with Crippen LogP contribution in [0.3, 0.4) is 0 Å². The highest BCUT2D eigenvalue weighted by Crippen LogP contribution is 2.30. The van der Waals surface area contributed by atoms with Gasteiger partial charge in [0.1, 0.15) is 6.29 Å². The Hall–Kier alpha value is -0.720. The third-order valence-electron chi connectivity index (χ3n) is 7.42. The molecule has 5 heteroatoms. The maximum absolute atomic E-state index is 10.3. The van der Waals surface area contributed by atoms with E-state index in [4.69, 9.17) is 0 Å². The number of aliphatic hydroxyl groups is 1. The van der Waals surface area contributed by atoms with Crippen LogP contribution in [-0.4, -0.2) is 73.1 Å². The number of nitrogens with one attached hydrogen (secondary N) is 2. The lowest BCUT2D eigenvalue weighted by Gasteiger charge is -2.44. The summed E-state index contributed by atoms with van der Waals surface area (Å²) in [4.78, 5) is 5.15. The topological polar surface area (TPSA) is 50.8 Å². The Morgan fingerprint density at radius 2 is 1.75 bits per heavy atom. The molecule has 1 saturated carbocycles. The van der Waals surface area contributed by atoms with Gasteiger partial charge in [-0.3, -0.25) is 15.5 Å². The molecule has 3 fully saturated rings. The summed E-state index contributed by atoms with van der Waals surface area (Å²) in [5.41, 5.74) is 1.19. The summed E-state index contributed by atoms with van der Waals surface area (Å²) in [7, 11) is 0. The average molecular weight is 389 g/mol. The van der Waals surface area contributed by atoms with Crippen molar-refractivity contribution >= 4 is 0 Å². The van der Waals surface area contributed by atoms with Crippen LogP contribution in [0, 0.1) is 11.8 Å². The van der Waals surface area contributed by atoms with Crippen LogP contribution in [-0.2, 0) is 0 Å². The first-order valence-corrected chi connectivity index (χ1v) is 11.8. The minimum Gasteiger partial charge on any atom is -0.389 e. The zero-order valence-corrected chi connectivity index (χ0v) is 17.5. The van der Waals surface area contributed by atoms with Crippen molar-refractivity contribution in [3.8, 4) is 0 Å². The highest BCUT2D eigenvalue weighted by molar-refractivity contribution is 5.25. The number of hydrogen-bond acceptors (Lipinski definition) is 5. The minimum absolute atomic E-state index is 0.246. The van der Waals surface area contributed by atoms with E-state index in [0.717, 1.165) is 63.8 Å². The maximum atomic E-state index is 10.3. The van der Waals surface area contributed by atoms with Gasteiger partial charge in [0.15, 0.2) is 0 Å². The van der Waals surface area contributed by atoms with Gasteiger partial charge in [-0.25, -0.2) is 0 Å². The molecule has 0 aromatic heterocycles. The lowest BCUT2D eigenvalue weighted by atomic mass is 9.79. The Kier molecular flexibility index (Phi) is 7.60. The van der Waals surface area contributed by atoms with Crippen molar-refractivity contribution < 1.29 is 5.11 Å². The van der Waals surface area contributed by atoms with Crippen LogP contribution in [0.4, 0.5) is 0 Å². The van der Waals surface area contributed by atoms with Gasteiger partial charge in [-0.2, -0.15) is 0 Å².